The Bertz CT molecular complexity index is 1210. The highest BCUT2D eigenvalue weighted by molar-refractivity contribution is 7.16. The molecule has 1 saturated carbocycles. The largest absolute Gasteiger partial charge is 0.370 e. The minimum absolute atomic E-state index is 0.0985. The molecule has 178 valence electrons. The third-order valence-corrected chi connectivity index (χ3v) is 7.72. The molecule has 10 nitrogen and oxygen atoms in total. The fraction of sp³-hybridized carbons (Fsp3) is 0.522. The van der Waals surface area contributed by atoms with E-state index >= 15 is 0 Å². The zero-order valence-electron chi connectivity index (χ0n) is 18.9. The molecule has 5 heterocycles. The average molecular weight is 481 g/mol. The summed E-state index contributed by atoms with van der Waals surface area (Å²) < 4.78 is 1.80. The van der Waals surface area contributed by atoms with Crippen molar-refractivity contribution >= 4 is 33.8 Å². The number of fused-ring (bicyclic) bond motifs is 1. The highest BCUT2D eigenvalue weighted by atomic mass is 32.1. The molecule has 0 radical (unpaired) electrons. The van der Waals surface area contributed by atoms with E-state index in [4.69, 9.17) is 4.98 Å². The lowest BCUT2D eigenvalue weighted by Gasteiger charge is -2.32. The quantitative estimate of drug-likeness (QED) is 0.470. The molecule has 3 N–H and O–H groups in total. The van der Waals surface area contributed by atoms with Crippen molar-refractivity contribution in [2.75, 3.05) is 38.0 Å². The van der Waals surface area contributed by atoms with Gasteiger partial charge in [0.25, 0.3) is 5.91 Å². The monoisotopic (exact) mass is 480 g/mol. The third-order valence-electron chi connectivity index (χ3n) is 6.83. The topological polar surface area (TPSA) is 117 Å². The van der Waals surface area contributed by atoms with Crippen LogP contribution in [-0.2, 0) is 4.79 Å². The molecule has 2 saturated heterocycles. The van der Waals surface area contributed by atoms with Crippen molar-refractivity contribution in [2.45, 2.75) is 31.7 Å². The molecule has 2 amide bonds. The highest BCUT2D eigenvalue weighted by Gasteiger charge is 2.32. The second kappa shape index (κ2) is 8.95. The van der Waals surface area contributed by atoms with Crippen LogP contribution >= 0.6 is 11.3 Å². The van der Waals surface area contributed by atoms with Gasteiger partial charge in [-0.05, 0) is 25.7 Å². The molecule has 0 unspecified atom stereocenters. The summed E-state index contributed by atoms with van der Waals surface area (Å²) in [7, 11) is 0. The fourth-order valence-corrected chi connectivity index (χ4v) is 5.24. The van der Waals surface area contributed by atoms with Crippen LogP contribution < -0.4 is 16.0 Å². The number of rotatable bonds is 7. The number of carbonyl (C=O) groups excluding carboxylic acids is 2. The van der Waals surface area contributed by atoms with Gasteiger partial charge in [-0.2, -0.15) is 5.10 Å². The Morgan fingerprint density at radius 1 is 1.15 bits per heavy atom. The molecule has 11 heteroatoms. The number of nitrogens with one attached hydrogen (secondary N) is 3. The molecular formula is C23H28N8O2S. The summed E-state index contributed by atoms with van der Waals surface area (Å²) in [4.78, 5) is 37.7. The van der Waals surface area contributed by atoms with Crippen molar-refractivity contribution in [1.29, 1.82) is 0 Å². The third kappa shape index (κ3) is 4.37. The summed E-state index contributed by atoms with van der Waals surface area (Å²) in [6.45, 7) is 3.98. The van der Waals surface area contributed by atoms with Crippen LogP contribution in [0.2, 0.25) is 0 Å². The molecule has 0 bridgehead atoms. The van der Waals surface area contributed by atoms with E-state index < -0.39 is 0 Å². The predicted molar refractivity (Wildman–Crippen MR) is 129 cm³/mol. The van der Waals surface area contributed by atoms with Gasteiger partial charge in [0, 0.05) is 68.2 Å². The molecule has 0 aromatic carbocycles. The van der Waals surface area contributed by atoms with E-state index in [0.29, 0.717) is 36.3 Å². The number of hydrogen-bond acceptors (Lipinski definition) is 8. The molecule has 1 aliphatic carbocycles. The smallest absolute Gasteiger partial charge is 0.272 e. The van der Waals surface area contributed by atoms with Crippen LogP contribution in [0, 0.1) is 11.8 Å². The van der Waals surface area contributed by atoms with Crippen LogP contribution in [0.5, 0.6) is 0 Å². The van der Waals surface area contributed by atoms with Crippen molar-refractivity contribution in [3.05, 3.63) is 29.5 Å². The number of amides is 2. The lowest BCUT2D eigenvalue weighted by atomic mass is 10.0. The summed E-state index contributed by atoms with van der Waals surface area (Å²) in [6.07, 6.45) is 7.18. The Labute approximate surface area is 201 Å². The first kappa shape index (κ1) is 21.5. The van der Waals surface area contributed by atoms with Crippen LogP contribution in [0.1, 0.15) is 36.2 Å². The summed E-state index contributed by atoms with van der Waals surface area (Å²) in [5, 5.41) is 16.2. The van der Waals surface area contributed by atoms with Crippen LogP contribution in [-0.4, -0.2) is 75.1 Å². The first-order valence-corrected chi connectivity index (χ1v) is 12.9. The van der Waals surface area contributed by atoms with Gasteiger partial charge in [0.1, 0.15) is 16.3 Å². The van der Waals surface area contributed by atoms with E-state index in [9.17, 15) is 9.59 Å². The molecule has 3 fully saturated rings. The molecule has 0 spiro atoms. The van der Waals surface area contributed by atoms with Crippen molar-refractivity contribution in [3.63, 3.8) is 0 Å². The Morgan fingerprint density at radius 3 is 2.71 bits per heavy atom. The Kier molecular flexibility index (Phi) is 5.66. The lowest BCUT2D eigenvalue weighted by molar-refractivity contribution is -0.123. The predicted octanol–water partition coefficient (Wildman–Crippen LogP) is 1.61. The first-order valence-electron chi connectivity index (χ1n) is 12.0. The van der Waals surface area contributed by atoms with E-state index in [1.807, 2.05) is 16.5 Å². The number of aromatic nitrogens is 4. The molecule has 6 rings (SSSR count). The number of thiazole rings is 1. The molecule has 3 aromatic rings. The number of likely N-dealkylation sites (tertiary alicyclic amines) is 1. The first-order chi connectivity index (χ1) is 16.6. The highest BCUT2D eigenvalue weighted by Crippen LogP contribution is 2.30. The van der Waals surface area contributed by atoms with Crippen LogP contribution in [0.25, 0.3) is 16.2 Å². The van der Waals surface area contributed by atoms with E-state index in [0.717, 1.165) is 55.7 Å². The number of carbonyl (C=O) groups is 2. The van der Waals surface area contributed by atoms with E-state index in [1.54, 1.807) is 28.1 Å². The maximum atomic E-state index is 13.4. The number of hydrogen-bond donors (Lipinski definition) is 3. The minimum atomic E-state index is -0.0985. The van der Waals surface area contributed by atoms with E-state index in [2.05, 4.69) is 26.0 Å². The molecule has 2 aliphatic heterocycles. The summed E-state index contributed by atoms with van der Waals surface area (Å²) in [6, 6.07) is 1.90. The Hall–Kier alpha value is -3.05. The van der Waals surface area contributed by atoms with E-state index in [1.165, 1.54) is 0 Å². The zero-order valence-corrected chi connectivity index (χ0v) is 19.7. The van der Waals surface area contributed by atoms with Gasteiger partial charge in [0.2, 0.25) is 5.91 Å². The molecular weight excluding hydrogens is 452 g/mol. The molecule has 3 aromatic heterocycles. The second-order valence-corrected chi connectivity index (χ2v) is 10.3. The Balaban J connectivity index is 1.20. The lowest BCUT2D eigenvalue weighted by Crippen LogP contribution is -2.47. The standard InChI is InChI=1S/C23H28N8O2S/c32-21(15-1-2-15)27-16-3-5-30(6-4-16)22(33)18-9-19(25-12-14-10-24-11-14)29-20(28-18)17-13-26-31-7-8-34-23(17)31/h7-9,13-16,24H,1-6,10-12H2,(H,27,32)(H,25,28,29). The Morgan fingerprint density at radius 2 is 1.97 bits per heavy atom. The van der Waals surface area contributed by atoms with Crippen LogP contribution in [0.4, 0.5) is 5.82 Å². The van der Waals surface area contributed by atoms with Crippen molar-refractivity contribution in [2.24, 2.45) is 11.8 Å². The maximum absolute atomic E-state index is 13.4. The van der Waals surface area contributed by atoms with Gasteiger partial charge in [-0.1, -0.05) is 0 Å². The van der Waals surface area contributed by atoms with Gasteiger partial charge in [-0.25, -0.2) is 14.5 Å². The number of piperidine rings is 1. The zero-order chi connectivity index (χ0) is 23.1. The minimum Gasteiger partial charge on any atom is -0.370 e. The van der Waals surface area contributed by atoms with Gasteiger partial charge >= 0.3 is 0 Å². The summed E-state index contributed by atoms with van der Waals surface area (Å²) >= 11 is 1.57. The molecule has 0 atom stereocenters. The van der Waals surface area contributed by atoms with Crippen LogP contribution in [0.15, 0.2) is 23.8 Å². The van der Waals surface area contributed by atoms with Gasteiger partial charge in [-0.3, -0.25) is 9.59 Å². The van der Waals surface area contributed by atoms with Gasteiger partial charge in [-0.15, -0.1) is 11.3 Å². The van der Waals surface area contributed by atoms with Gasteiger partial charge in [0.15, 0.2) is 5.82 Å². The van der Waals surface area contributed by atoms with Crippen molar-refractivity contribution < 1.29 is 9.59 Å². The summed E-state index contributed by atoms with van der Waals surface area (Å²) in [5.74, 6) is 2.00. The van der Waals surface area contributed by atoms with Crippen molar-refractivity contribution in [1.82, 2.24) is 35.1 Å². The van der Waals surface area contributed by atoms with Gasteiger partial charge < -0.3 is 20.9 Å². The summed E-state index contributed by atoms with van der Waals surface area (Å²) in [5.41, 5.74) is 1.20. The molecule has 34 heavy (non-hydrogen) atoms. The fourth-order valence-electron chi connectivity index (χ4n) is 4.44. The maximum Gasteiger partial charge on any atom is 0.272 e. The second-order valence-electron chi connectivity index (χ2n) is 9.43. The van der Waals surface area contributed by atoms with E-state index in [-0.39, 0.29) is 23.8 Å². The van der Waals surface area contributed by atoms with Gasteiger partial charge in [0.05, 0.1) is 11.8 Å². The number of anilines is 1. The van der Waals surface area contributed by atoms with Crippen molar-refractivity contribution in [3.8, 4) is 11.4 Å². The SMILES string of the molecule is O=C(NC1CCN(C(=O)c2cc(NCC3CNC3)nc(-c3cnn4ccsc34)n2)CC1)C1CC1. The average Bonchev–Trinajstić information content (AvgIpc) is 3.44. The van der Waals surface area contributed by atoms with Crippen LogP contribution in [0.3, 0.4) is 0 Å². The normalized spacial score (nSPS) is 19.2. The molecule has 3 aliphatic rings. The number of nitrogens with zero attached hydrogens (tertiary/aromatic N) is 5.